The molecule has 0 aliphatic heterocycles. The van der Waals surface area contributed by atoms with Crippen molar-refractivity contribution in [1.29, 1.82) is 0 Å². The molecule has 5 heteroatoms. The zero-order valence-corrected chi connectivity index (χ0v) is 12.9. The van der Waals surface area contributed by atoms with Crippen molar-refractivity contribution in [3.63, 3.8) is 0 Å². The third kappa shape index (κ3) is 3.34. The summed E-state index contributed by atoms with van der Waals surface area (Å²) in [5, 5.41) is 9.97. The number of aromatic carboxylic acids is 1. The number of hydrogen-bond acceptors (Lipinski definition) is 3. The highest BCUT2D eigenvalue weighted by Gasteiger charge is 2.20. The highest BCUT2D eigenvalue weighted by molar-refractivity contribution is 6.30. The van der Waals surface area contributed by atoms with Crippen molar-refractivity contribution < 1.29 is 9.90 Å². The number of carbonyl (C=O) groups is 1. The Balaban J connectivity index is 2.41. The van der Waals surface area contributed by atoms with Gasteiger partial charge in [0.2, 0.25) is 0 Å². The Morgan fingerprint density at radius 1 is 1.33 bits per heavy atom. The van der Waals surface area contributed by atoms with Gasteiger partial charge >= 0.3 is 5.97 Å². The Bertz CT molecular complexity index is 673. The Kier molecular flexibility index (Phi) is 4.48. The molecule has 1 unspecified atom stereocenters. The van der Waals surface area contributed by atoms with E-state index in [2.05, 4.69) is 4.98 Å². The molecule has 1 N–H and O–H groups in total. The molecule has 0 radical (unpaired) electrons. The third-order valence-electron chi connectivity index (χ3n) is 3.49. The quantitative estimate of drug-likeness (QED) is 0.929. The van der Waals surface area contributed by atoms with Crippen molar-refractivity contribution in [3.8, 4) is 0 Å². The van der Waals surface area contributed by atoms with Crippen LogP contribution in [0.25, 0.3) is 0 Å². The molecule has 0 saturated carbocycles. The number of benzene rings is 1. The maximum Gasteiger partial charge on any atom is 0.339 e. The molecule has 0 fully saturated rings. The largest absolute Gasteiger partial charge is 0.478 e. The average molecular weight is 305 g/mol. The van der Waals surface area contributed by atoms with Gasteiger partial charge in [-0.05, 0) is 43.7 Å². The number of aromatic nitrogens is 1. The van der Waals surface area contributed by atoms with E-state index in [4.69, 9.17) is 11.6 Å². The van der Waals surface area contributed by atoms with Crippen molar-refractivity contribution in [2.45, 2.75) is 19.9 Å². The second kappa shape index (κ2) is 6.14. The topological polar surface area (TPSA) is 53.4 Å². The van der Waals surface area contributed by atoms with Gasteiger partial charge in [0.15, 0.2) is 0 Å². The fourth-order valence-corrected chi connectivity index (χ4v) is 2.35. The molecule has 4 nitrogen and oxygen atoms in total. The number of anilines is 1. The van der Waals surface area contributed by atoms with Gasteiger partial charge in [-0.3, -0.25) is 0 Å². The summed E-state index contributed by atoms with van der Waals surface area (Å²) in [6.45, 7) is 3.83. The van der Waals surface area contributed by atoms with Gasteiger partial charge in [-0.2, -0.15) is 0 Å². The van der Waals surface area contributed by atoms with Gasteiger partial charge in [0, 0.05) is 17.8 Å². The Hall–Kier alpha value is -2.07. The number of halogens is 1. The molecular weight excluding hydrogens is 288 g/mol. The standard InChI is InChI=1S/C16H17ClN2O2/c1-10-7-8-14(16(20)21)15(18-10)19(3)11(2)12-5-4-6-13(17)9-12/h4-9,11H,1-3H3,(H,20,21). The Morgan fingerprint density at radius 2 is 2.05 bits per heavy atom. The lowest BCUT2D eigenvalue weighted by molar-refractivity contribution is 0.0697. The van der Waals surface area contributed by atoms with Crippen LogP contribution in [0.5, 0.6) is 0 Å². The minimum Gasteiger partial charge on any atom is -0.478 e. The van der Waals surface area contributed by atoms with Gasteiger partial charge in [-0.15, -0.1) is 0 Å². The first-order chi connectivity index (χ1) is 9.90. The molecule has 1 aromatic heterocycles. The molecule has 1 heterocycles. The van der Waals surface area contributed by atoms with Gasteiger partial charge in [-0.25, -0.2) is 9.78 Å². The second-order valence-electron chi connectivity index (χ2n) is 4.97. The molecule has 0 saturated heterocycles. The summed E-state index contributed by atoms with van der Waals surface area (Å²) >= 11 is 6.02. The molecule has 1 aromatic carbocycles. The van der Waals surface area contributed by atoms with E-state index in [0.717, 1.165) is 11.3 Å². The lowest BCUT2D eigenvalue weighted by atomic mass is 10.1. The summed E-state index contributed by atoms with van der Waals surface area (Å²) in [5.41, 5.74) is 1.97. The highest BCUT2D eigenvalue weighted by atomic mass is 35.5. The van der Waals surface area contributed by atoms with E-state index < -0.39 is 5.97 Å². The molecule has 0 amide bonds. The van der Waals surface area contributed by atoms with Crippen LogP contribution in [0.15, 0.2) is 36.4 Å². The zero-order valence-electron chi connectivity index (χ0n) is 12.2. The molecule has 0 aliphatic rings. The molecule has 1 atom stereocenters. The fraction of sp³-hybridized carbons (Fsp3) is 0.250. The molecule has 110 valence electrons. The molecule has 2 rings (SSSR count). The van der Waals surface area contributed by atoms with Crippen LogP contribution in [0.1, 0.15) is 34.6 Å². The summed E-state index contributed by atoms with van der Waals surface area (Å²) in [5.74, 6) is -0.530. The number of carboxylic acid groups (broad SMARTS) is 1. The number of hydrogen-bond donors (Lipinski definition) is 1. The summed E-state index contributed by atoms with van der Waals surface area (Å²) in [6, 6.07) is 10.8. The maximum absolute atomic E-state index is 11.4. The number of nitrogens with zero attached hydrogens (tertiary/aromatic N) is 2. The predicted molar refractivity (Wildman–Crippen MR) is 84.2 cm³/mol. The highest BCUT2D eigenvalue weighted by Crippen LogP contribution is 2.28. The van der Waals surface area contributed by atoms with Crippen molar-refractivity contribution in [1.82, 2.24) is 4.98 Å². The monoisotopic (exact) mass is 304 g/mol. The van der Waals surface area contributed by atoms with Gasteiger partial charge < -0.3 is 10.0 Å². The molecule has 2 aromatic rings. The van der Waals surface area contributed by atoms with Crippen molar-refractivity contribution in [3.05, 3.63) is 58.2 Å². The van der Waals surface area contributed by atoms with E-state index in [1.165, 1.54) is 0 Å². The Labute approximate surface area is 129 Å². The van der Waals surface area contributed by atoms with Crippen LogP contribution in [-0.4, -0.2) is 23.1 Å². The molecule has 0 spiro atoms. The van der Waals surface area contributed by atoms with E-state index in [1.54, 1.807) is 12.1 Å². The SMILES string of the molecule is Cc1ccc(C(=O)O)c(N(C)C(C)c2cccc(Cl)c2)n1. The van der Waals surface area contributed by atoms with E-state index in [1.807, 2.05) is 50.1 Å². The summed E-state index contributed by atoms with van der Waals surface area (Å²) in [7, 11) is 1.83. The molecule has 0 aliphatic carbocycles. The van der Waals surface area contributed by atoms with Crippen molar-refractivity contribution in [2.24, 2.45) is 0 Å². The smallest absolute Gasteiger partial charge is 0.339 e. The van der Waals surface area contributed by atoms with Crippen LogP contribution in [-0.2, 0) is 0 Å². The minimum atomic E-state index is -0.984. The number of carboxylic acids is 1. The van der Waals surface area contributed by atoms with Gasteiger partial charge in [0.25, 0.3) is 0 Å². The summed E-state index contributed by atoms with van der Waals surface area (Å²) in [4.78, 5) is 17.6. The number of rotatable bonds is 4. The number of aryl methyl sites for hydroxylation is 1. The maximum atomic E-state index is 11.4. The van der Waals surface area contributed by atoms with E-state index >= 15 is 0 Å². The average Bonchev–Trinajstić information content (AvgIpc) is 2.45. The molecule has 0 bridgehead atoms. The van der Waals surface area contributed by atoms with Crippen LogP contribution in [0.4, 0.5) is 5.82 Å². The van der Waals surface area contributed by atoms with Gasteiger partial charge in [0.05, 0.1) is 6.04 Å². The van der Waals surface area contributed by atoms with E-state index in [-0.39, 0.29) is 11.6 Å². The van der Waals surface area contributed by atoms with Crippen LogP contribution >= 0.6 is 11.6 Å². The van der Waals surface area contributed by atoms with Crippen molar-refractivity contribution >= 4 is 23.4 Å². The van der Waals surface area contributed by atoms with Gasteiger partial charge in [0.1, 0.15) is 11.4 Å². The van der Waals surface area contributed by atoms with E-state index in [9.17, 15) is 9.90 Å². The van der Waals surface area contributed by atoms with Crippen molar-refractivity contribution in [2.75, 3.05) is 11.9 Å². The second-order valence-corrected chi connectivity index (χ2v) is 5.41. The van der Waals surface area contributed by atoms with Crippen LogP contribution in [0, 0.1) is 6.92 Å². The van der Waals surface area contributed by atoms with Gasteiger partial charge in [-0.1, -0.05) is 23.7 Å². The lowest BCUT2D eigenvalue weighted by Crippen LogP contribution is -2.25. The zero-order chi connectivity index (χ0) is 15.6. The number of pyridine rings is 1. The van der Waals surface area contributed by atoms with Crippen LogP contribution in [0.2, 0.25) is 5.02 Å². The van der Waals surface area contributed by atoms with E-state index in [0.29, 0.717) is 10.8 Å². The lowest BCUT2D eigenvalue weighted by Gasteiger charge is -2.27. The summed E-state index contributed by atoms with van der Waals surface area (Å²) < 4.78 is 0. The first-order valence-electron chi connectivity index (χ1n) is 6.59. The molecular formula is C16H17ClN2O2. The normalized spacial score (nSPS) is 12.0. The summed E-state index contributed by atoms with van der Waals surface area (Å²) in [6.07, 6.45) is 0. The van der Waals surface area contributed by atoms with Crippen LogP contribution < -0.4 is 4.90 Å². The Morgan fingerprint density at radius 3 is 2.67 bits per heavy atom. The van der Waals surface area contributed by atoms with Crippen LogP contribution in [0.3, 0.4) is 0 Å². The third-order valence-corrected chi connectivity index (χ3v) is 3.73. The fourth-order valence-electron chi connectivity index (χ4n) is 2.15. The molecule has 21 heavy (non-hydrogen) atoms. The first kappa shape index (κ1) is 15.3. The first-order valence-corrected chi connectivity index (χ1v) is 6.97. The minimum absolute atomic E-state index is 0.0453. The predicted octanol–water partition coefficient (Wildman–Crippen LogP) is 3.94.